The highest BCUT2D eigenvalue weighted by atomic mass is 35.5. The number of nitrogens with zero attached hydrogens (tertiary/aromatic N) is 2. The van der Waals surface area contributed by atoms with Crippen molar-refractivity contribution in [2.24, 2.45) is 0 Å². The standard InChI is InChI=1S/C4H4N2O2.ClH/c7-4(8)6-3-1-2-5-6;/h1-3H,(H,7,8);1H. The second-order valence-corrected chi connectivity index (χ2v) is 1.23. The van der Waals surface area contributed by atoms with E-state index in [9.17, 15) is 4.79 Å². The first-order valence-electron chi connectivity index (χ1n) is 2.03. The fraction of sp³-hybridized carbons (Fsp3) is 0. The van der Waals surface area contributed by atoms with Gasteiger partial charge in [0.25, 0.3) is 0 Å². The number of rotatable bonds is 0. The summed E-state index contributed by atoms with van der Waals surface area (Å²) in [5.41, 5.74) is 0. The third kappa shape index (κ3) is 1.73. The quantitative estimate of drug-likeness (QED) is 0.593. The largest absolute Gasteiger partial charge is 0.463 e. The molecule has 1 heterocycles. The summed E-state index contributed by atoms with van der Waals surface area (Å²) >= 11 is 0. The fourth-order valence-corrected chi connectivity index (χ4v) is 0.382. The van der Waals surface area contributed by atoms with Crippen LogP contribution in [0.1, 0.15) is 0 Å². The van der Waals surface area contributed by atoms with Crippen molar-refractivity contribution in [3.63, 3.8) is 0 Å². The van der Waals surface area contributed by atoms with Gasteiger partial charge in [0, 0.05) is 12.4 Å². The third-order valence-corrected chi connectivity index (χ3v) is 0.700. The van der Waals surface area contributed by atoms with Crippen LogP contribution in [0.25, 0.3) is 0 Å². The van der Waals surface area contributed by atoms with E-state index in [0.717, 1.165) is 4.68 Å². The molecule has 0 aliphatic heterocycles. The zero-order valence-electron chi connectivity index (χ0n) is 4.39. The Morgan fingerprint density at radius 1 is 1.67 bits per heavy atom. The predicted molar refractivity (Wildman–Crippen MR) is 32.9 cm³/mol. The molecule has 1 aromatic heterocycles. The molecule has 50 valence electrons. The summed E-state index contributed by atoms with van der Waals surface area (Å²) in [6.07, 6.45) is 1.71. The van der Waals surface area contributed by atoms with Gasteiger partial charge in [0.05, 0.1) is 0 Å². The van der Waals surface area contributed by atoms with E-state index in [1.165, 1.54) is 12.4 Å². The van der Waals surface area contributed by atoms with Crippen molar-refractivity contribution in [2.75, 3.05) is 0 Å². The summed E-state index contributed by atoms with van der Waals surface area (Å²) in [4.78, 5) is 9.96. The molecule has 0 fully saturated rings. The van der Waals surface area contributed by atoms with E-state index < -0.39 is 6.09 Å². The zero-order valence-corrected chi connectivity index (χ0v) is 5.21. The van der Waals surface area contributed by atoms with E-state index in [4.69, 9.17) is 5.11 Å². The highest BCUT2D eigenvalue weighted by Gasteiger charge is 1.94. The minimum Gasteiger partial charge on any atom is -0.463 e. The van der Waals surface area contributed by atoms with Crippen LogP contribution in [-0.4, -0.2) is 21.0 Å². The van der Waals surface area contributed by atoms with Gasteiger partial charge in [0.2, 0.25) is 0 Å². The first kappa shape index (κ1) is 7.97. The summed E-state index contributed by atoms with van der Waals surface area (Å²) in [6, 6.07) is 1.55. The maximum atomic E-state index is 9.96. The van der Waals surface area contributed by atoms with E-state index in [2.05, 4.69) is 5.10 Å². The van der Waals surface area contributed by atoms with Gasteiger partial charge in [-0.25, -0.2) is 4.79 Å². The molecule has 0 bridgehead atoms. The van der Waals surface area contributed by atoms with Crippen LogP contribution in [0, 0.1) is 0 Å². The van der Waals surface area contributed by atoms with Gasteiger partial charge in [0.15, 0.2) is 0 Å². The molecule has 0 aromatic carbocycles. The van der Waals surface area contributed by atoms with Crippen LogP contribution in [0.3, 0.4) is 0 Å². The highest BCUT2D eigenvalue weighted by molar-refractivity contribution is 5.85. The van der Waals surface area contributed by atoms with Crippen molar-refractivity contribution < 1.29 is 9.90 Å². The van der Waals surface area contributed by atoms with Crippen LogP contribution in [0.5, 0.6) is 0 Å². The molecular weight excluding hydrogens is 144 g/mol. The molecule has 0 saturated carbocycles. The first-order valence-corrected chi connectivity index (χ1v) is 2.03. The van der Waals surface area contributed by atoms with Crippen LogP contribution < -0.4 is 0 Å². The topological polar surface area (TPSA) is 55.1 Å². The van der Waals surface area contributed by atoms with Crippen LogP contribution in [0.15, 0.2) is 18.5 Å². The maximum Gasteiger partial charge on any atom is 0.432 e. The monoisotopic (exact) mass is 148 g/mol. The lowest BCUT2D eigenvalue weighted by atomic mass is 10.8. The maximum absolute atomic E-state index is 9.96. The van der Waals surface area contributed by atoms with Gasteiger partial charge in [-0.05, 0) is 6.07 Å². The van der Waals surface area contributed by atoms with Gasteiger partial charge in [-0.1, -0.05) is 0 Å². The molecule has 5 heteroatoms. The Morgan fingerprint density at radius 3 is 2.56 bits per heavy atom. The second kappa shape index (κ2) is 3.09. The molecule has 0 saturated heterocycles. The van der Waals surface area contributed by atoms with E-state index in [0.29, 0.717) is 0 Å². The Labute approximate surface area is 57.5 Å². The molecule has 4 nitrogen and oxygen atoms in total. The summed E-state index contributed by atoms with van der Waals surface area (Å²) in [7, 11) is 0. The lowest BCUT2D eigenvalue weighted by molar-refractivity contribution is 0.192. The highest BCUT2D eigenvalue weighted by Crippen LogP contribution is 1.80. The Morgan fingerprint density at radius 2 is 2.33 bits per heavy atom. The summed E-state index contributed by atoms with van der Waals surface area (Å²) in [5.74, 6) is 0. The lowest BCUT2D eigenvalue weighted by Crippen LogP contribution is -2.07. The van der Waals surface area contributed by atoms with Crippen molar-refractivity contribution in [1.29, 1.82) is 0 Å². The normalized spacial score (nSPS) is 8.00. The van der Waals surface area contributed by atoms with Crippen molar-refractivity contribution in [3.05, 3.63) is 18.5 Å². The molecule has 0 aliphatic rings. The molecule has 1 rings (SSSR count). The molecule has 0 unspecified atom stereocenters. The van der Waals surface area contributed by atoms with Gasteiger partial charge in [0.1, 0.15) is 0 Å². The number of hydrogen-bond donors (Lipinski definition) is 1. The zero-order chi connectivity index (χ0) is 5.98. The summed E-state index contributed by atoms with van der Waals surface area (Å²) < 4.78 is 0.833. The van der Waals surface area contributed by atoms with Crippen molar-refractivity contribution in [2.45, 2.75) is 0 Å². The molecule has 0 atom stereocenters. The smallest absolute Gasteiger partial charge is 0.432 e. The van der Waals surface area contributed by atoms with Crippen LogP contribution in [0.2, 0.25) is 0 Å². The molecule has 0 aliphatic carbocycles. The van der Waals surface area contributed by atoms with Crippen molar-refractivity contribution >= 4 is 18.5 Å². The van der Waals surface area contributed by atoms with Crippen LogP contribution >= 0.6 is 12.4 Å². The van der Waals surface area contributed by atoms with Gasteiger partial charge in [-0.2, -0.15) is 9.78 Å². The number of aromatic nitrogens is 2. The van der Waals surface area contributed by atoms with E-state index in [-0.39, 0.29) is 12.4 Å². The first-order chi connectivity index (χ1) is 3.80. The molecule has 0 radical (unpaired) electrons. The lowest BCUT2D eigenvalue weighted by Gasteiger charge is -1.85. The number of carboxylic acid groups (broad SMARTS) is 1. The van der Waals surface area contributed by atoms with E-state index in [1.807, 2.05) is 0 Å². The third-order valence-electron chi connectivity index (χ3n) is 0.700. The Balaban J connectivity index is 0.000000640. The van der Waals surface area contributed by atoms with E-state index >= 15 is 0 Å². The van der Waals surface area contributed by atoms with E-state index in [1.54, 1.807) is 6.07 Å². The average molecular weight is 149 g/mol. The average Bonchev–Trinajstić information content (AvgIpc) is 2.12. The molecule has 0 spiro atoms. The number of carbonyl (C=O) groups is 1. The Hall–Kier alpha value is -1.03. The number of hydrogen-bond acceptors (Lipinski definition) is 2. The molecular formula is C4H5ClN2O2. The fourth-order valence-electron chi connectivity index (χ4n) is 0.382. The summed E-state index contributed by atoms with van der Waals surface area (Å²) in [6.45, 7) is 0. The van der Waals surface area contributed by atoms with Crippen molar-refractivity contribution in [3.8, 4) is 0 Å². The van der Waals surface area contributed by atoms with Gasteiger partial charge >= 0.3 is 6.09 Å². The minimum absolute atomic E-state index is 0. The van der Waals surface area contributed by atoms with Gasteiger partial charge < -0.3 is 5.11 Å². The SMILES string of the molecule is Cl.O=C(O)n1cccn1. The molecule has 1 aromatic rings. The van der Waals surface area contributed by atoms with Crippen LogP contribution in [0.4, 0.5) is 4.79 Å². The van der Waals surface area contributed by atoms with Crippen molar-refractivity contribution in [1.82, 2.24) is 9.78 Å². The Kier molecular flexibility index (Phi) is 2.73. The predicted octanol–water partition coefficient (Wildman–Crippen LogP) is 0.831. The van der Waals surface area contributed by atoms with Gasteiger partial charge in [-0.3, -0.25) is 0 Å². The Bertz CT molecular complexity index is 184. The van der Waals surface area contributed by atoms with Crippen LogP contribution in [-0.2, 0) is 0 Å². The molecule has 1 N–H and O–H groups in total. The van der Waals surface area contributed by atoms with Gasteiger partial charge in [-0.15, -0.1) is 12.4 Å². The second-order valence-electron chi connectivity index (χ2n) is 1.23. The number of halogens is 1. The molecule has 0 amide bonds. The molecule has 9 heavy (non-hydrogen) atoms. The summed E-state index contributed by atoms with van der Waals surface area (Å²) in [5, 5.41) is 11.6. The minimum atomic E-state index is -1.06.